The number of rotatable bonds is 2. The molecule has 2 atom stereocenters. The van der Waals surface area contributed by atoms with Crippen LogP contribution in [0.25, 0.3) is 0 Å². The molecular formula is C12H17NO2S. The van der Waals surface area contributed by atoms with E-state index in [1.54, 1.807) is 11.3 Å². The van der Waals surface area contributed by atoms with Gasteiger partial charge < -0.3 is 5.11 Å². The number of aromatic carboxylic acids is 1. The number of nitrogens with zero attached hydrogens (tertiary/aromatic N) is 1. The van der Waals surface area contributed by atoms with E-state index in [2.05, 4.69) is 11.9 Å². The predicted molar refractivity (Wildman–Crippen MR) is 64.2 cm³/mol. The Morgan fingerprint density at radius 2 is 2.25 bits per heavy atom. The highest BCUT2D eigenvalue weighted by Crippen LogP contribution is 2.38. The first kappa shape index (κ1) is 11.6. The van der Waals surface area contributed by atoms with Crippen molar-refractivity contribution in [3.8, 4) is 0 Å². The summed E-state index contributed by atoms with van der Waals surface area (Å²) in [6.07, 6.45) is 4.86. The van der Waals surface area contributed by atoms with E-state index in [0.29, 0.717) is 5.92 Å². The number of carboxylic acids is 1. The van der Waals surface area contributed by atoms with E-state index in [-0.39, 0.29) is 5.69 Å². The Morgan fingerprint density at radius 3 is 2.81 bits per heavy atom. The summed E-state index contributed by atoms with van der Waals surface area (Å²) < 4.78 is 0. The normalized spacial score (nSPS) is 25.6. The van der Waals surface area contributed by atoms with Gasteiger partial charge in [-0.05, 0) is 25.7 Å². The van der Waals surface area contributed by atoms with Crippen molar-refractivity contribution in [3.63, 3.8) is 0 Å². The summed E-state index contributed by atoms with van der Waals surface area (Å²) in [5, 5.41) is 10.0. The molecule has 1 aliphatic carbocycles. The molecule has 1 heterocycles. The minimum atomic E-state index is -0.899. The number of thiazole rings is 1. The lowest BCUT2D eigenvalue weighted by Crippen LogP contribution is -2.11. The summed E-state index contributed by atoms with van der Waals surface area (Å²) in [7, 11) is 0. The SMILES string of the molecule is Cc1sc(C2CCCC(C)C2)nc1C(=O)O. The van der Waals surface area contributed by atoms with Crippen LogP contribution in [0.2, 0.25) is 0 Å². The van der Waals surface area contributed by atoms with Crippen LogP contribution in [0.4, 0.5) is 0 Å². The lowest BCUT2D eigenvalue weighted by Gasteiger charge is -2.24. The maximum Gasteiger partial charge on any atom is 0.355 e. The molecule has 1 N–H and O–H groups in total. The van der Waals surface area contributed by atoms with E-state index in [0.717, 1.165) is 28.6 Å². The average molecular weight is 239 g/mol. The third-order valence-corrected chi connectivity index (χ3v) is 4.43. The van der Waals surface area contributed by atoms with Gasteiger partial charge in [0.25, 0.3) is 0 Å². The van der Waals surface area contributed by atoms with Gasteiger partial charge in [-0.3, -0.25) is 0 Å². The van der Waals surface area contributed by atoms with Crippen LogP contribution in [-0.4, -0.2) is 16.1 Å². The summed E-state index contributed by atoms with van der Waals surface area (Å²) in [5.41, 5.74) is 0.248. The first-order valence-electron chi connectivity index (χ1n) is 5.78. The van der Waals surface area contributed by atoms with Crippen molar-refractivity contribution in [2.75, 3.05) is 0 Å². The molecule has 2 rings (SSSR count). The number of aromatic nitrogens is 1. The fourth-order valence-electron chi connectivity index (χ4n) is 2.45. The van der Waals surface area contributed by atoms with Crippen molar-refractivity contribution in [2.45, 2.75) is 45.4 Å². The van der Waals surface area contributed by atoms with Crippen LogP contribution in [0.3, 0.4) is 0 Å². The molecule has 1 aromatic heterocycles. The maximum atomic E-state index is 10.9. The average Bonchev–Trinajstić information content (AvgIpc) is 2.60. The second-order valence-corrected chi connectivity index (χ2v) is 5.97. The van der Waals surface area contributed by atoms with Crippen LogP contribution in [0.5, 0.6) is 0 Å². The van der Waals surface area contributed by atoms with E-state index in [1.807, 2.05) is 6.92 Å². The summed E-state index contributed by atoms with van der Waals surface area (Å²) in [6, 6.07) is 0. The second-order valence-electron chi connectivity index (χ2n) is 4.73. The molecule has 4 heteroatoms. The van der Waals surface area contributed by atoms with Crippen molar-refractivity contribution in [1.82, 2.24) is 4.98 Å². The summed E-state index contributed by atoms with van der Waals surface area (Å²) in [6.45, 7) is 4.11. The van der Waals surface area contributed by atoms with Gasteiger partial charge >= 0.3 is 5.97 Å². The molecule has 0 aliphatic heterocycles. The molecule has 1 fully saturated rings. The van der Waals surface area contributed by atoms with Gasteiger partial charge in [0.15, 0.2) is 5.69 Å². The summed E-state index contributed by atoms with van der Waals surface area (Å²) in [4.78, 5) is 16.0. The Bertz CT molecular complexity index is 400. The molecule has 1 aromatic rings. The standard InChI is InChI=1S/C12H17NO2S/c1-7-4-3-5-9(6-7)11-13-10(12(14)15)8(2)16-11/h7,9H,3-6H2,1-2H3,(H,14,15). The van der Waals surface area contributed by atoms with Crippen LogP contribution < -0.4 is 0 Å². The smallest absolute Gasteiger partial charge is 0.355 e. The van der Waals surface area contributed by atoms with Crippen LogP contribution in [0.15, 0.2) is 0 Å². The zero-order valence-corrected chi connectivity index (χ0v) is 10.5. The highest BCUT2D eigenvalue weighted by Gasteiger charge is 2.25. The van der Waals surface area contributed by atoms with Gasteiger partial charge in [0.2, 0.25) is 0 Å². The third kappa shape index (κ3) is 2.26. The van der Waals surface area contributed by atoms with E-state index < -0.39 is 5.97 Å². The van der Waals surface area contributed by atoms with Crippen molar-refractivity contribution in [2.24, 2.45) is 5.92 Å². The Hall–Kier alpha value is -0.900. The predicted octanol–water partition coefficient (Wildman–Crippen LogP) is 3.44. The summed E-state index contributed by atoms with van der Waals surface area (Å²) in [5.74, 6) is 0.334. The van der Waals surface area contributed by atoms with Gasteiger partial charge in [-0.25, -0.2) is 9.78 Å². The Kier molecular flexibility index (Phi) is 3.28. The monoisotopic (exact) mass is 239 g/mol. The lowest BCUT2D eigenvalue weighted by atomic mass is 9.83. The highest BCUT2D eigenvalue weighted by atomic mass is 32.1. The molecular weight excluding hydrogens is 222 g/mol. The van der Waals surface area contributed by atoms with E-state index in [1.165, 1.54) is 12.8 Å². The van der Waals surface area contributed by atoms with Crippen molar-refractivity contribution >= 4 is 17.3 Å². The fourth-order valence-corrected chi connectivity index (χ4v) is 3.51. The molecule has 3 nitrogen and oxygen atoms in total. The number of aryl methyl sites for hydroxylation is 1. The molecule has 0 aromatic carbocycles. The van der Waals surface area contributed by atoms with E-state index in [4.69, 9.17) is 5.11 Å². The molecule has 0 amide bonds. The number of hydrogen-bond donors (Lipinski definition) is 1. The van der Waals surface area contributed by atoms with Crippen molar-refractivity contribution < 1.29 is 9.90 Å². The first-order chi connectivity index (χ1) is 7.58. The van der Waals surface area contributed by atoms with Gasteiger partial charge in [-0.1, -0.05) is 19.8 Å². The van der Waals surface area contributed by atoms with Crippen LogP contribution in [0.1, 0.15) is 58.9 Å². The topological polar surface area (TPSA) is 50.2 Å². The minimum absolute atomic E-state index is 0.248. The fraction of sp³-hybridized carbons (Fsp3) is 0.667. The quantitative estimate of drug-likeness (QED) is 0.860. The zero-order valence-electron chi connectivity index (χ0n) is 9.69. The Balaban J connectivity index is 2.20. The largest absolute Gasteiger partial charge is 0.476 e. The number of carboxylic acid groups (broad SMARTS) is 1. The highest BCUT2D eigenvalue weighted by molar-refractivity contribution is 7.12. The lowest BCUT2D eigenvalue weighted by molar-refractivity contribution is 0.0690. The Labute approximate surface area is 99.5 Å². The van der Waals surface area contributed by atoms with Crippen LogP contribution in [0, 0.1) is 12.8 Å². The third-order valence-electron chi connectivity index (χ3n) is 3.30. The Morgan fingerprint density at radius 1 is 1.50 bits per heavy atom. The molecule has 0 spiro atoms. The molecule has 0 radical (unpaired) electrons. The van der Waals surface area contributed by atoms with E-state index >= 15 is 0 Å². The summed E-state index contributed by atoms with van der Waals surface area (Å²) >= 11 is 1.56. The number of hydrogen-bond acceptors (Lipinski definition) is 3. The van der Waals surface area contributed by atoms with Gasteiger partial charge in [-0.15, -0.1) is 11.3 Å². The van der Waals surface area contributed by atoms with Crippen LogP contribution in [-0.2, 0) is 0 Å². The molecule has 2 unspecified atom stereocenters. The molecule has 0 bridgehead atoms. The molecule has 1 saturated carbocycles. The molecule has 1 aliphatic rings. The minimum Gasteiger partial charge on any atom is -0.476 e. The van der Waals surface area contributed by atoms with Gasteiger partial charge in [0, 0.05) is 10.8 Å². The van der Waals surface area contributed by atoms with Gasteiger partial charge in [-0.2, -0.15) is 0 Å². The molecule has 16 heavy (non-hydrogen) atoms. The number of carbonyl (C=O) groups is 1. The second kappa shape index (κ2) is 4.53. The van der Waals surface area contributed by atoms with Crippen molar-refractivity contribution in [3.05, 3.63) is 15.6 Å². The zero-order chi connectivity index (χ0) is 11.7. The van der Waals surface area contributed by atoms with E-state index in [9.17, 15) is 4.79 Å². The first-order valence-corrected chi connectivity index (χ1v) is 6.60. The van der Waals surface area contributed by atoms with Crippen molar-refractivity contribution in [1.29, 1.82) is 0 Å². The molecule has 88 valence electrons. The van der Waals surface area contributed by atoms with Gasteiger partial charge in [0.05, 0.1) is 5.01 Å². The molecule has 0 saturated heterocycles. The maximum absolute atomic E-state index is 10.9. The van der Waals surface area contributed by atoms with Crippen LogP contribution >= 0.6 is 11.3 Å². The van der Waals surface area contributed by atoms with Gasteiger partial charge in [0.1, 0.15) is 0 Å².